The summed E-state index contributed by atoms with van der Waals surface area (Å²) in [4.78, 5) is 27.3. The van der Waals surface area contributed by atoms with E-state index >= 15 is 0 Å². The number of rotatable bonds is 5. The molecule has 1 heterocycles. The van der Waals surface area contributed by atoms with Crippen LogP contribution in [0.4, 0.5) is 20.2 Å². The standard InChI is InChI=1S/C25H19ClF2N2O2/c1-14(2)15-5-10-19(11-6-15)29-23-22(16-3-7-17(26)8-4-16)24(31)30(25(23)32)21-12-9-18(27)13-20(21)28/h3-14,29H,1-2H3. The molecular formula is C25H19ClF2N2O2. The van der Waals surface area contributed by atoms with Gasteiger partial charge in [0.1, 0.15) is 17.3 Å². The lowest BCUT2D eigenvalue weighted by atomic mass is 10.0. The molecule has 1 aliphatic rings. The largest absolute Gasteiger partial charge is 0.350 e. The molecule has 0 saturated heterocycles. The van der Waals surface area contributed by atoms with Gasteiger partial charge in [0.15, 0.2) is 0 Å². The van der Waals surface area contributed by atoms with Gasteiger partial charge in [0, 0.05) is 16.8 Å². The van der Waals surface area contributed by atoms with Crippen LogP contribution >= 0.6 is 11.6 Å². The van der Waals surface area contributed by atoms with E-state index in [0.717, 1.165) is 17.7 Å². The van der Waals surface area contributed by atoms with E-state index in [2.05, 4.69) is 19.2 Å². The first-order valence-electron chi connectivity index (χ1n) is 9.97. The van der Waals surface area contributed by atoms with E-state index in [9.17, 15) is 18.4 Å². The molecule has 1 N–H and O–H groups in total. The summed E-state index contributed by atoms with van der Waals surface area (Å²) < 4.78 is 27.9. The molecule has 0 aromatic heterocycles. The number of anilines is 2. The Morgan fingerprint density at radius 2 is 1.53 bits per heavy atom. The number of nitrogens with zero attached hydrogens (tertiary/aromatic N) is 1. The van der Waals surface area contributed by atoms with E-state index in [1.54, 1.807) is 36.4 Å². The predicted octanol–water partition coefficient (Wildman–Crippen LogP) is 6.14. The lowest BCUT2D eigenvalue weighted by molar-refractivity contribution is -0.120. The molecule has 3 aromatic rings. The van der Waals surface area contributed by atoms with Crippen LogP contribution < -0.4 is 10.2 Å². The Bertz CT molecular complexity index is 1240. The zero-order valence-electron chi connectivity index (χ0n) is 17.3. The Balaban J connectivity index is 1.80. The summed E-state index contributed by atoms with van der Waals surface area (Å²) in [6, 6.07) is 16.6. The summed E-state index contributed by atoms with van der Waals surface area (Å²) in [7, 11) is 0. The van der Waals surface area contributed by atoms with Gasteiger partial charge >= 0.3 is 0 Å². The number of imide groups is 1. The Hall–Kier alpha value is -3.51. The maximum Gasteiger partial charge on any atom is 0.282 e. The topological polar surface area (TPSA) is 49.4 Å². The first-order valence-corrected chi connectivity index (χ1v) is 10.3. The van der Waals surface area contributed by atoms with Crippen molar-refractivity contribution in [1.82, 2.24) is 0 Å². The van der Waals surface area contributed by atoms with E-state index in [1.807, 2.05) is 12.1 Å². The third-order valence-corrected chi connectivity index (χ3v) is 5.47. The van der Waals surface area contributed by atoms with Gasteiger partial charge in [-0.25, -0.2) is 13.7 Å². The van der Waals surface area contributed by atoms with Crippen LogP contribution in [0, 0.1) is 11.6 Å². The second-order valence-electron chi connectivity index (χ2n) is 7.70. The zero-order chi connectivity index (χ0) is 23.0. The molecule has 3 aromatic carbocycles. The molecule has 7 heteroatoms. The Morgan fingerprint density at radius 3 is 2.12 bits per heavy atom. The summed E-state index contributed by atoms with van der Waals surface area (Å²) in [5.41, 5.74) is 1.91. The number of carbonyl (C=O) groups excluding carboxylic acids is 2. The summed E-state index contributed by atoms with van der Waals surface area (Å²) >= 11 is 5.97. The molecule has 0 atom stereocenters. The van der Waals surface area contributed by atoms with Crippen LogP contribution in [-0.2, 0) is 9.59 Å². The predicted molar refractivity (Wildman–Crippen MR) is 121 cm³/mol. The minimum Gasteiger partial charge on any atom is -0.350 e. The fourth-order valence-electron chi connectivity index (χ4n) is 3.51. The summed E-state index contributed by atoms with van der Waals surface area (Å²) in [5.74, 6) is -2.94. The number of hydrogen-bond donors (Lipinski definition) is 1. The zero-order valence-corrected chi connectivity index (χ0v) is 18.1. The van der Waals surface area contributed by atoms with Crippen LogP contribution in [0.15, 0.2) is 72.4 Å². The minimum atomic E-state index is -1.01. The maximum atomic E-state index is 14.5. The highest BCUT2D eigenvalue weighted by atomic mass is 35.5. The van der Waals surface area contributed by atoms with E-state index in [1.165, 1.54) is 0 Å². The van der Waals surface area contributed by atoms with Crippen LogP contribution in [0.2, 0.25) is 5.02 Å². The van der Waals surface area contributed by atoms with Crippen LogP contribution in [0.1, 0.15) is 30.9 Å². The molecule has 0 unspecified atom stereocenters. The molecule has 4 rings (SSSR count). The lowest BCUT2D eigenvalue weighted by Crippen LogP contribution is -2.33. The van der Waals surface area contributed by atoms with Gasteiger partial charge < -0.3 is 5.32 Å². The van der Waals surface area contributed by atoms with E-state index in [-0.39, 0.29) is 17.0 Å². The average Bonchev–Trinajstić information content (AvgIpc) is 2.99. The average molecular weight is 453 g/mol. The van der Waals surface area contributed by atoms with Gasteiger partial charge in [-0.2, -0.15) is 0 Å². The van der Waals surface area contributed by atoms with Gasteiger partial charge in [-0.15, -0.1) is 0 Å². The first kappa shape index (κ1) is 21.7. The van der Waals surface area contributed by atoms with E-state index in [4.69, 9.17) is 11.6 Å². The fraction of sp³-hybridized carbons (Fsp3) is 0.120. The Kier molecular flexibility index (Phi) is 5.80. The third-order valence-electron chi connectivity index (χ3n) is 5.21. The Labute approximate surface area is 189 Å². The number of benzene rings is 3. The SMILES string of the molecule is CC(C)c1ccc(NC2=C(c3ccc(Cl)cc3)C(=O)N(c3ccc(F)cc3F)C2=O)cc1. The third kappa shape index (κ3) is 4.01. The van der Waals surface area contributed by atoms with Gasteiger partial charge in [-0.1, -0.05) is 49.7 Å². The molecule has 0 bridgehead atoms. The van der Waals surface area contributed by atoms with Crippen LogP contribution in [0.5, 0.6) is 0 Å². The molecule has 0 aliphatic carbocycles. The van der Waals surface area contributed by atoms with Crippen molar-refractivity contribution in [3.8, 4) is 0 Å². The molecule has 32 heavy (non-hydrogen) atoms. The highest BCUT2D eigenvalue weighted by Gasteiger charge is 2.41. The molecule has 2 amide bonds. The number of hydrogen-bond acceptors (Lipinski definition) is 3. The molecule has 0 spiro atoms. The molecule has 4 nitrogen and oxygen atoms in total. The summed E-state index contributed by atoms with van der Waals surface area (Å²) in [6.45, 7) is 4.13. The van der Waals surface area contributed by atoms with Crippen molar-refractivity contribution in [3.05, 3.63) is 100 Å². The summed E-state index contributed by atoms with van der Waals surface area (Å²) in [6.07, 6.45) is 0. The van der Waals surface area contributed by atoms with Crippen molar-refractivity contribution in [3.63, 3.8) is 0 Å². The number of halogens is 3. The molecular weight excluding hydrogens is 434 g/mol. The number of carbonyl (C=O) groups is 2. The van der Waals surface area contributed by atoms with E-state index in [0.29, 0.717) is 33.2 Å². The highest BCUT2D eigenvalue weighted by Crippen LogP contribution is 2.35. The fourth-order valence-corrected chi connectivity index (χ4v) is 3.63. The summed E-state index contributed by atoms with van der Waals surface area (Å²) in [5, 5.41) is 3.48. The van der Waals surface area contributed by atoms with Crippen molar-refractivity contribution in [1.29, 1.82) is 0 Å². The van der Waals surface area contributed by atoms with Crippen molar-refractivity contribution in [2.24, 2.45) is 0 Å². The number of amides is 2. The second kappa shape index (κ2) is 8.55. The van der Waals surface area contributed by atoms with Gasteiger partial charge in [-0.3, -0.25) is 9.59 Å². The smallest absolute Gasteiger partial charge is 0.282 e. The minimum absolute atomic E-state index is 0.00153. The van der Waals surface area contributed by atoms with Crippen molar-refractivity contribution in [2.75, 3.05) is 10.2 Å². The molecule has 0 saturated carbocycles. The Morgan fingerprint density at radius 1 is 0.875 bits per heavy atom. The van der Waals surface area contributed by atoms with Crippen LogP contribution in [0.3, 0.4) is 0 Å². The van der Waals surface area contributed by atoms with Crippen molar-refractivity contribution < 1.29 is 18.4 Å². The maximum absolute atomic E-state index is 14.5. The van der Waals surface area contributed by atoms with Gasteiger partial charge in [-0.05, 0) is 53.4 Å². The van der Waals surface area contributed by atoms with Crippen molar-refractivity contribution >= 4 is 40.4 Å². The van der Waals surface area contributed by atoms with Crippen LogP contribution in [0.25, 0.3) is 5.57 Å². The molecule has 1 aliphatic heterocycles. The first-order chi connectivity index (χ1) is 15.3. The molecule has 0 radical (unpaired) electrons. The van der Waals surface area contributed by atoms with Gasteiger partial charge in [0.2, 0.25) is 0 Å². The van der Waals surface area contributed by atoms with Crippen molar-refractivity contribution in [2.45, 2.75) is 19.8 Å². The van der Waals surface area contributed by atoms with Crippen LogP contribution in [-0.4, -0.2) is 11.8 Å². The number of nitrogens with one attached hydrogen (secondary N) is 1. The molecule has 162 valence electrons. The van der Waals surface area contributed by atoms with Gasteiger partial charge in [0.05, 0.1) is 11.3 Å². The van der Waals surface area contributed by atoms with Gasteiger partial charge in [0.25, 0.3) is 11.8 Å². The quantitative estimate of drug-likeness (QED) is 0.473. The monoisotopic (exact) mass is 452 g/mol. The second-order valence-corrected chi connectivity index (χ2v) is 8.14. The van der Waals surface area contributed by atoms with E-state index < -0.39 is 23.4 Å². The normalized spacial score (nSPS) is 14.0. The lowest BCUT2D eigenvalue weighted by Gasteiger charge is -2.16. The molecule has 0 fully saturated rings. The highest BCUT2D eigenvalue weighted by molar-refractivity contribution is 6.46.